The van der Waals surface area contributed by atoms with Crippen molar-refractivity contribution in [2.24, 2.45) is 0 Å². The van der Waals surface area contributed by atoms with E-state index < -0.39 is 0 Å². The Morgan fingerprint density at radius 3 is 2.59 bits per heavy atom. The normalized spacial score (nSPS) is 10.9. The number of carbonyl (C=O) groups is 1. The van der Waals surface area contributed by atoms with Crippen molar-refractivity contribution >= 4 is 29.0 Å². The minimum atomic E-state index is 0.0160. The number of hydrogen-bond acceptors (Lipinski definition) is 3. The molecule has 0 aromatic heterocycles. The zero-order valence-corrected chi connectivity index (χ0v) is 11.5. The Bertz CT molecular complexity index is 394. The van der Waals surface area contributed by atoms with Gasteiger partial charge in [0.15, 0.2) is 5.78 Å². The summed E-state index contributed by atoms with van der Waals surface area (Å²) < 4.78 is 0. The minimum Gasteiger partial charge on any atom is -0.308 e. The van der Waals surface area contributed by atoms with Crippen LogP contribution in [0.15, 0.2) is 18.2 Å². The van der Waals surface area contributed by atoms with Crippen LogP contribution in [-0.4, -0.2) is 44.4 Å². The second-order valence-corrected chi connectivity index (χ2v) is 4.85. The fourth-order valence-corrected chi connectivity index (χ4v) is 1.57. The molecule has 5 heteroatoms. The molecule has 0 bridgehead atoms. The molecule has 0 saturated carbocycles. The summed E-state index contributed by atoms with van der Waals surface area (Å²) in [5.74, 6) is 0.0160. The lowest BCUT2D eigenvalue weighted by molar-refractivity contribution is 0.0990. The van der Waals surface area contributed by atoms with Gasteiger partial charge in [0.05, 0.1) is 16.6 Å². The molecular weight excluding hydrogens is 259 g/mol. The molecule has 0 amide bonds. The summed E-state index contributed by atoms with van der Waals surface area (Å²) in [6, 6.07) is 4.92. The quantitative estimate of drug-likeness (QED) is 0.639. The zero-order chi connectivity index (χ0) is 12.8. The Labute approximate surface area is 112 Å². The van der Waals surface area contributed by atoms with Crippen molar-refractivity contribution in [2.45, 2.75) is 0 Å². The highest BCUT2D eigenvalue weighted by atomic mass is 35.5. The largest absolute Gasteiger partial charge is 0.308 e. The van der Waals surface area contributed by atoms with Gasteiger partial charge in [0.25, 0.3) is 0 Å². The molecule has 0 atom stereocenters. The summed E-state index contributed by atoms with van der Waals surface area (Å²) in [5, 5.41) is 3.95. The van der Waals surface area contributed by atoms with E-state index >= 15 is 0 Å². The molecule has 0 radical (unpaired) electrons. The average Bonchev–Trinajstić information content (AvgIpc) is 2.27. The first-order valence-electron chi connectivity index (χ1n) is 5.34. The number of carbonyl (C=O) groups excluding carboxylic acids is 1. The number of nitrogens with one attached hydrogen (secondary N) is 1. The monoisotopic (exact) mass is 274 g/mol. The summed E-state index contributed by atoms with van der Waals surface area (Å²) in [6.45, 7) is 1.99. The van der Waals surface area contributed by atoms with Crippen LogP contribution in [0, 0.1) is 0 Å². The molecule has 1 N–H and O–H groups in total. The highest BCUT2D eigenvalue weighted by Crippen LogP contribution is 2.22. The second-order valence-electron chi connectivity index (χ2n) is 4.03. The predicted molar refractivity (Wildman–Crippen MR) is 72.2 cm³/mol. The van der Waals surface area contributed by atoms with E-state index in [1.165, 1.54) is 0 Å². The van der Waals surface area contributed by atoms with E-state index in [1.807, 2.05) is 14.1 Å². The number of likely N-dealkylation sites (N-methyl/N-ethyl adjacent to an activating group) is 1. The molecule has 1 rings (SSSR count). The molecule has 0 aliphatic carbocycles. The van der Waals surface area contributed by atoms with Gasteiger partial charge >= 0.3 is 0 Å². The van der Waals surface area contributed by atoms with Crippen LogP contribution in [0.25, 0.3) is 0 Å². The van der Waals surface area contributed by atoms with Crippen molar-refractivity contribution in [3.63, 3.8) is 0 Å². The summed E-state index contributed by atoms with van der Waals surface area (Å²) in [5.41, 5.74) is 0.580. The third-order valence-corrected chi connectivity index (χ3v) is 3.00. The Morgan fingerprint density at radius 1 is 1.29 bits per heavy atom. The fraction of sp³-hybridized carbons (Fsp3) is 0.417. The summed E-state index contributed by atoms with van der Waals surface area (Å²) in [7, 11) is 3.98. The Kier molecular flexibility index (Phi) is 5.92. The molecule has 0 saturated heterocycles. The van der Waals surface area contributed by atoms with Crippen molar-refractivity contribution in [2.75, 3.05) is 33.7 Å². The summed E-state index contributed by atoms with van der Waals surface area (Å²) in [6.07, 6.45) is 0. The topological polar surface area (TPSA) is 32.3 Å². The zero-order valence-electron chi connectivity index (χ0n) is 9.96. The number of ketones is 1. The van der Waals surface area contributed by atoms with Gasteiger partial charge in [-0.3, -0.25) is 4.79 Å². The Balaban J connectivity index is 2.44. The molecule has 0 aliphatic rings. The van der Waals surface area contributed by atoms with Crippen molar-refractivity contribution in [3.8, 4) is 0 Å². The first-order chi connectivity index (χ1) is 8.00. The highest BCUT2D eigenvalue weighted by Gasteiger charge is 2.07. The van der Waals surface area contributed by atoms with Gasteiger partial charge in [0.2, 0.25) is 0 Å². The van der Waals surface area contributed by atoms with E-state index in [4.69, 9.17) is 23.2 Å². The first-order valence-corrected chi connectivity index (χ1v) is 6.10. The number of rotatable bonds is 6. The minimum absolute atomic E-state index is 0.0160. The highest BCUT2D eigenvalue weighted by molar-refractivity contribution is 6.42. The van der Waals surface area contributed by atoms with E-state index in [2.05, 4.69) is 10.2 Å². The lowest BCUT2D eigenvalue weighted by Crippen LogP contribution is -2.30. The number of halogens is 2. The number of hydrogen-bond donors (Lipinski definition) is 1. The predicted octanol–water partition coefficient (Wildman–Crippen LogP) is 2.33. The molecule has 1 aromatic rings. The Morgan fingerprint density at radius 2 is 2.00 bits per heavy atom. The maximum Gasteiger partial charge on any atom is 0.176 e. The van der Waals surface area contributed by atoms with E-state index in [0.717, 1.165) is 13.1 Å². The van der Waals surface area contributed by atoms with Crippen LogP contribution in [0.2, 0.25) is 10.0 Å². The van der Waals surface area contributed by atoms with Crippen LogP contribution in [-0.2, 0) is 0 Å². The standard InChI is InChI=1S/C12H16Cl2N2O/c1-16(2)6-5-15-8-12(17)9-3-4-10(13)11(14)7-9/h3-4,7,15H,5-6,8H2,1-2H3. The third-order valence-electron chi connectivity index (χ3n) is 2.26. The van der Waals surface area contributed by atoms with Gasteiger partial charge < -0.3 is 10.2 Å². The van der Waals surface area contributed by atoms with Gasteiger partial charge in [-0.25, -0.2) is 0 Å². The molecule has 0 aliphatic heterocycles. The van der Waals surface area contributed by atoms with Gasteiger partial charge in [-0.2, -0.15) is 0 Å². The first kappa shape index (κ1) is 14.5. The number of Topliss-reactive ketones (excluding diaryl/α,β-unsaturated/α-hetero) is 1. The van der Waals surface area contributed by atoms with E-state index in [9.17, 15) is 4.79 Å². The Hall–Kier alpha value is -0.610. The van der Waals surface area contributed by atoms with E-state index in [-0.39, 0.29) is 5.78 Å². The van der Waals surface area contributed by atoms with Gasteiger partial charge in [-0.1, -0.05) is 23.2 Å². The molecule has 0 heterocycles. The van der Waals surface area contributed by atoms with Gasteiger partial charge in [0, 0.05) is 18.7 Å². The lowest BCUT2D eigenvalue weighted by atomic mass is 10.1. The van der Waals surface area contributed by atoms with Crippen LogP contribution in [0.4, 0.5) is 0 Å². The fourth-order valence-electron chi connectivity index (χ4n) is 1.28. The van der Waals surface area contributed by atoms with Crippen LogP contribution < -0.4 is 5.32 Å². The molecular formula is C12H16Cl2N2O. The summed E-state index contributed by atoms with van der Waals surface area (Å²) >= 11 is 11.6. The van der Waals surface area contributed by atoms with Gasteiger partial charge in [0.1, 0.15) is 0 Å². The second kappa shape index (κ2) is 6.97. The lowest BCUT2D eigenvalue weighted by Gasteiger charge is -2.10. The van der Waals surface area contributed by atoms with Crippen LogP contribution in [0.3, 0.4) is 0 Å². The van der Waals surface area contributed by atoms with Crippen molar-refractivity contribution in [3.05, 3.63) is 33.8 Å². The smallest absolute Gasteiger partial charge is 0.176 e. The van der Waals surface area contributed by atoms with Crippen LogP contribution in [0.5, 0.6) is 0 Å². The molecule has 94 valence electrons. The third kappa shape index (κ3) is 5.04. The maximum atomic E-state index is 11.8. The van der Waals surface area contributed by atoms with Crippen molar-refractivity contribution in [1.29, 1.82) is 0 Å². The molecule has 17 heavy (non-hydrogen) atoms. The number of benzene rings is 1. The van der Waals surface area contributed by atoms with E-state index in [1.54, 1.807) is 18.2 Å². The molecule has 3 nitrogen and oxygen atoms in total. The maximum absolute atomic E-state index is 11.8. The average molecular weight is 275 g/mol. The van der Waals surface area contributed by atoms with Gasteiger partial charge in [-0.05, 0) is 32.3 Å². The summed E-state index contributed by atoms with van der Waals surface area (Å²) in [4.78, 5) is 13.8. The molecule has 0 unspecified atom stereocenters. The van der Waals surface area contributed by atoms with Gasteiger partial charge in [-0.15, -0.1) is 0 Å². The molecule has 0 spiro atoms. The van der Waals surface area contributed by atoms with Crippen molar-refractivity contribution in [1.82, 2.24) is 10.2 Å². The van der Waals surface area contributed by atoms with Crippen LogP contribution >= 0.6 is 23.2 Å². The van der Waals surface area contributed by atoms with Crippen LogP contribution in [0.1, 0.15) is 10.4 Å². The van der Waals surface area contributed by atoms with Crippen molar-refractivity contribution < 1.29 is 4.79 Å². The molecule has 1 aromatic carbocycles. The molecule has 0 fully saturated rings. The van der Waals surface area contributed by atoms with E-state index in [0.29, 0.717) is 22.2 Å². The number of nitrogens with zero attached hydrogens (tertiary/aromatic N) is 1. The SMILES string of the molecule is CN(C)CCNCC(=O)c1ccc(Cl)c(Cl)c1.